The maximum atomic E-state index is 5.37. The summed E-state index contributed by atoms with van der Waals surface area (Å²) in [6, 6.07) is 8.79. The molecule has 0 amide bonds. The zero-order valence-electron chi connectivity index (χ0n) is 10.4. The Kier molecular flexibility index (Phi) is 5.36. The van der Waals surface area contributed by atoms with Crippen LogP contribution < -0.4 is 5.32 Å². The van der Waals surface area contributed by atoms with Crippen LogP contribution in [0.25, 0.3) is 0 Å². The van der Waals surface area contributed by atoms with E-state index in [-0.39, 0.29) is 0 Å². The summed E-state index contributed by atoms with van der Waals surface area (Å²) < 4.78 is 5.37. The minimum atomic E-state index is 0.779. The maximum absolute atomic E-state index is 5.37. The van der Waals surface area contributed by atoms with Gasteiger partial charge in [0.1, 0.15) is 0 Å². The average molecular weight is 251 g/mol. The Bertz CT molecular complexity index is 319. The quantitative estimate of drug-likeness (QED) is 0.620. The van der Waals surface area contributed by atoms with Gasteiger partial charge in [0.25, 0.3) is 0 Å². The molecule has 0 spiro atoms. The third kappa shape index (κ3) is 4.34. The Morgan fingerprint density at radius 2 is 2.18 bits per heavy atom. The Morgan fingerprint density at radius 3 is 2.82 bits per heavy atom. The van der Waals surface area contributed by atoms with E-state index in [0.717, 1.165) is 32.2 Å². The Balaban J connectivity index is 1.63. The molecule has 0 aromatic heterocycles. The fraction of sp³-hybridized carbons (Fsp3) is 0.571. The van der Waals surface area contributed by atoms with Crippen LogP contribution in [-0.2, 0) is 11.3 Å². The van der Waals surface area contributed by atoms with Crippen LogP contribution >= 0.6 is 11.8 Å². The zero-order valence-corrected chi connectivity index (χ0v) is 11.3. The first-order chi connectivity index (χ1) is 8.38. The van der Waals surface area contributed by atoms with Crippen molar-refractivity contribution in [3.63, 3.8) is 0 Å². The normalized spacial score (nSPS) is 19.7. The molecule has 1 aromatic carbocycles. The molecule has 1 unspecified atom stereocenters. The topological polar surface area (TPSA) is 21.3 Å². The molecule has 1 N–H and O–H groups in total. The SMILES string of the molecule is CSc1ccc(CNCCC2CCOC2)cc1. The molecule has 1 saturated heterocycles. The second kappa shape index (κ2) is 7.04. The van der Waals surface area contributed by atoms with E-state index in [9.17, 15) is 0 Å². The van der Waals surface area contributed by atoms with Crippen LogP contribution in [0.5, 0.6) is 0 Å². The Morgan fingerprint density at radius 1 is 1.35 bits per heavy atom. The van der Waals surface area contributed by atoms with E-state index in [4.69, 9.17) is 4.74 Å². The van der Waals surface area contributed by atoms with Crippen molar-refractivity contribution in [1.29, 1.82) is 0 Å². The predicted octanol–water partition coefficient (Wildman–Crippen LogP) is 2.92. The number of nitrogens with one attached hydrogen (secondary N) is 1. The van der Waals surface area contributed by atoms with Crippen LogP contribution in [0.4, 0.5) is 0 Å². The summed E-state index contributed by atoms with van der Waals surface area (Å²) >= 11 is 1.79. The summed E-state index contributed by atoms with van der Waals surface area (Å²) in [4.78, 5) is 1.33. The third-order valence-electron chi connectivity index (χ3n) is 3.24. The third-order valence-corrected chi connectivity index (χ3v) is 3.99. The van der Waals surface area contributed by atoms with Crippen molar-refractivity contribution in [2.45, 2.75) is 24.3 Å². The summed E-state index contributed by atoms with van der Waals surface area (Å²) in [5.41, 5.74) is 1.37. The lowest BCUT2D eigenvalue weighted by molar-refractivity contribution is 0.184. The molecule has 0 aliphatic carbocycles. The first kappa shape index (κ1) is 12.9. The van der Waals surface area contributed by atoms with E-state index in [1.54, 1.807) is 11.8 Å². The van der Waals surface area contributed by atoms with Crippen LogP contribution in [0.15, 0.2) is 29.2 Å². The number of hydrogen-bond donors (Lipinski definition) is 1. The summed E-state index contributed by atoms with van der Waals surface area (Å²) in [6.07, 6.45) is 4.59. The van der Waals surface area contributed by atoms with Gasteiger partial charge >= 0.3 is 0 Å². The smallest absolute Gasteiger partial charge is 0.0495 e. The molecular weight excluding hydrogens is 230 g/mol. The van der Waals surface area contributed by atoms with Gasteiger partial charge in [-0.2, -0.15) is 0 Å². The fourth-order valence-corrected chi connectivity index (χ4v) is 2.50. The Hall–Kier alpha value is -0.510. The first-order valence-corrected chi connectivity index (χ1v) is 7.52. The second-order valence-electron chi connectivity index (χ2n) is 4.54. The highest BCUT2D eigenvalue weighted by molar-refractivity contribution is 7.98. The maximum Gasteiger partial charge on any atom is 0.0495 e. The molecule has 0 radical (unpaired) electrons. The fourth-order valence-electron chi connectivity index (χ4n) is 2.09. The minimum absolute atomic E-state index is 0.779. The van der Waals surface area contributed by atoms with Gasteiger partial charge in [-0.05, 0) is 49.3 Å². The van der Waals surface area contributed by atoms with E-state index < -0.39 is 0 Å². The van der Waals surface area contributed by atoms with Gasteiger partial charge in [0, 0.05) is 24.7 Å². The van der Waals surface area contributed by atoms with Crippen molar-refractivity contribution in [3.8, 4) is 0 Å². The van der Waals surface area contributed by atoms with E-state index in [1.165, 1.54) is 23.3 Å². The van der Waals surface area contributed by atoms with E-state index in [0.29, 0.717) is 0 Å². The van der Waals surface area contributed by atoms with Gasteiger partial charge in [-0.3, -0.25) is 0 Å². The summed E-state index contributed by atoms with van der Waals surface area (Å²) in [5.74, 6) is 0.779. The van der Waals surface area contributed by atoms with Crippen LogP contribution in [-0.4, -0.2) is 26.0 Å². The van der Waals surface area contributed by atoms with Crippen LogP contribution in [0, 0.1) is 5.92 Å². The van der Waals surface area contributed by atoms with Crippen molar-refractivity contribution in [2.24, 2.45) is 5.92 Å². The van der Waals surface area contributed by atoms with Crippen molar-refractivity contribution < 1.29 is 4.74 Å². The van der Waals surface area contributed by atoms with Crippen LogP contribution in [0.1, 0.15) is 18.4 Å². The lowest BCUT2D eigenvalue weighted by Gasteiger charge is -2.09. The lowest BCUT2D eigenvalue weighted by atomic mass is 10.1. The molecule has 2 rings (SSSR count). The van der Waals surface area contributed by atoms with Crippen LogP contribution in [0.2, 0.25) is 0 Å². The zero-order chi connectivity index (χ0) is 11.9. The van der Waals surface area contributed by atoms with Crippen molar-refractivity contribution in [3.05, 3.63) is 29.8 Å². The first-order valence-electron chi connectivity index (χ1n) is 6.30. The highest BCUT2D eigenvalue weighted by Gasteiger charge is 2.14. The van der Waals surface area contributed by atoms with E-state index in [1.807, 2.05) is 0 Å². The average Bonchev–Trinajstić information content (AvgIpc) is 2.88. The van der Waals surface area contributed by atoms with Gasteiger partial charge in [0.15, 0.2) is 0 Å². The monoisotopic (exact) mass is 251 g/mol. The molecule has 17 heavy (non-hydrogen) atoms. The lowest BCUT2D eigenvalue weighted by Crippen LogP contribution is -2.17. The van der Waals surface area contributed by atoms with Gasteiger partial charge in [-0.25, -0.2) is 0 Å². The minimum Gasteiger partial charge on any atom is -0.381 e. The molecule has 0 bridgehead atoms. The van der Waals surface area contributed by atoms with E-state index in [2.05, 4.69) is 35.8 Å². The largest absolute Gasteiger partial charge is 0.381 e. The van der Waals surface area contributed by atoms with Crippen molar-refractivity contribution >= 4 is 11.8 Å². The molecule has 94 valence electrons. The second-order valence-corrected chi connectivity index (χ2v) is 5.42. The Labute approximate surface area is 108 Å². The van der Waals surface area contributed by atoms with Gasteiger partial charge in [0.05, 0.1) is 0 Å². The van der Waals surface area contributed by atoms with Crippen molar-refractivity contribution in [2.75, 3.05) is 26.0 Å². The predicted molar refractivity (Wildman–Crippen MR) is 73.5 cm³/mol. The summed E-state index contributed by atoms with van der Waals surface area (Å²) in [5, 5.41) is 3.50. The van der Waals surface area contributed by atoms with Crippen LogP contribution in [0.3, 0.4) is 0 Å². The van der Waals surface area contributed by atoms with Gasteiger partial charge < -0.3 is 10.1 Å². The summed E-state index contributed by atoms with van der Waals surface area (Å²) in [7, 11) is 0. The number of thioether (sulfide) groups is 1. The number of ether oxygens (including phenoxy) is 1. The molecule has 1 aliphatic rings. The molecule has 3 heteroatoms. The standard InChI is InChI=1S/C14H21NOS/c1-17-14-4-2-12(3-5-14)10-15-8-6-13-7-9-16-11-13/h2-5,13,15H,6-11H2,1H3. The molecule has 1 heterocycles. The highest BCUT2D eigenvalue weighted by Crippen LogP contribution is 2.16. The van der Waals surface area contributed by atoms with Crippen molar-refractivity contribution in [1.82, 2.24) is 5.32 Å². The number of rotatable bonds is 6. The molecule has 1 atom stereocenters. The molecule has 1 aliphatic heterocycles. The van der Waals surface area contributed by atoms with Gasteiger partial charge in [-0.15, -0.1) is 11.8 Å². The molecule has 2 nitrogen and oxygen atoms in total. The molecule has 1 fully saturated rings. The summed E-state index contributed by atoms with van der Waals surface area (Å²) in [6.45, 7) is 3.99. The molecule has 0 saturated carbocycles. The highest BCUT2D eigenvalue weighted by atomic mass is 32.2. The van der Waals surface area contributed by atoms with E-state index >= 15 is 0 Å². The number of benzene rings is 1. The van der Waals surface area contributed by atoms with Gasteiger partial charge in [0.2, 0.25) is 0 Å². The molecular formula is C14H21NOS. The molecule has 1 aromatic rings. The van der Waals surface area contributed by atoms with Gasteiger partial charge in [-0.1, -0.05) is 12.1 Å². The number of hydrogen-bond acceptors (Lipinski definition) is 3.